The summed E-state index contributed by atoms with van der Waals surface area (Å²) in [4.78, 5) is 56.5. The Morgan fingerprint density at radius 1 is 1.00 bits per heavy atom. The minimum Gasteiger partial charge on any atom is -0.465 e. The van der Waals surface area contributed by atoms with Crippen molar-refractivity contribution in [1.82, 2.24) is 14.5 Å². The van der Waals surface area contributed by atoms with E-state index in [2.05, 4.69) is 21.5 Å². The van der Waals surface area contributed by atoms with E-state index in [4.69, 9.17) is 11.6 Å². The molecule has 4 rings (SSSR count). The molecule has 1 aromatic heterocycles. The number of hydrogen-bond acceptors (Lipinski definition) is 6. The smallest absolute Gasteiger partial charge is 0.337 e. The van der Waals surface area contributed by atoms with Crippen molar-refractivity contribution >= 4 is 40.1 Å². The van der Waals surface area contributed by atoms with Crippen LogP contribution < -0.4 is 16.1 Å². The number of piperazine rings is 1. The van der Waals surface area contributed by atoms with Crippen molar-refractivity contribution in [2.24, 2.45) is 0 Å². The van der Waals surface area contributed by atoms with Gasteiger partial charge in [-0.3, -0.25) is 14.2 Å². The van der Waals surface area contributed by atoms with Crippen LogP contribution in [0.5, 0.6) is 0 Å². The molecule has 0 aliphatic carbocycles. The molecular weight excluding hydrogens is 496 g/mol. The van der Waals surface area contributed by atoms with Crippen LogP contribution in [0.1, 0.15) is 41.6 Å². The van der Waals surface area contributed by atoms with E-state index in [1.165, 1.54) is 35.4 Å². The van der Waals surface area contributed by atoms with Gasteiger partial charge in [0.15, 0.2) is 0 Å². The van der Waals surface area contributed by atoms with Crippen LogP contribution in [0.4, 0.5) is 5.69 Å². The summed E-state index contributed by atoms with van der Waals surface area (Å²) in [5.74, 6) is -0.413. The summed E-state index contributed by atoms with van der Waals surface area (Å²) < 4.78 is 5.85. The van der Waals surface area contributed by atoms with Crippen molar-refractivity contribution in [3.63, 3.8) is 0 Å². The van der Waals surface area contributed by atoms with Gasteiger partial charge in [-0.15, -0.1) is 0 Å². The third kappa shape index (κ3) is 6.05. The van der Waals surface area contributed by atoms with Crippen LogP contribution in [-0.2, 0) is 16.1 Å². The van der Waals surface area contributed by atoms with Crippen molar-refractivity contribution < 1.29 is 14.3 Å². The average Bonchev–Trinajstić information content (AvgIpc) is 2.90. The lowest BCUT2D eigenvalue weighted by molar-refractivity contribution is -0.131. The van der Waals surface area contributed by atoms with Gasteiger partial charge < -0.3 is 19.5 Å². The molecule has 10 heteroatoms. The highest BCUT2D eigenvalue weighted by Crippen LogP contribution is 2.25. The number of ether oxygens (including phenoxy) is 1. The maximum absolute atomic E-state index is 12.8. The number of hydrogen-bond donors (Lipinski definition) is 1. The molecule has 1 aliphatic rings. The highest BCUT2D eigenvalue weighted by molar-refractivity contribution is 6.30. The fourth-order valence-electron chi connectivity index (χ4n) is 4.70. The Bertz CT molecular complexity index is 1420. The molecule has 1 fully saturated rings. The molecule has 37 heavy (non-hydrogen) atoms. The number of aromatic amines is 1. The van der Waals surface area contributed by atoms with Crippen molar-refractivity contribution in [3.05, 3.63) is 73.4 Å². The van der Waals surface area contributed by atoms with Crippen molar-refractivity contribution in [2.75, 3.05) is 38.2 Å². The Labute approximate surface area is 219 Å². The maximum Gasteiger partial charge on any atom is 0.337 e. The Hall–Kier alpha value is -3.59. The molecular formula is C27H31ClN4O5. The molecule has 1 amide bonds. The van der Waals surface area contributed by atoms with Gasteiger partial charge in [0, 0.05) is 49.9 Å². The number of unbranched alkanes of at least 4 members (excludes halogenated alkanes) is 2. The molecule has 196 valence electrons. The zero-order valence-electron chi connectivity index (χ0n) is 21.1. The summed E-state index contributed by atoms with van der Waals surface area (Å²) in [5.41, 5.74) is 1.91. The number of esters is 1. The Morgan fingerprint density at radius 3 is 2.49 bits per heavy atom. The number of H-pyrrole nitrogens is 1. The van der Waals surface area contributed by atoms with E-state index < -0.39 is 17.2 Å². The van der Waals surface area contributed by atoms with Gasteiger partial charge in [0.2, 0.25) is 5.91 Å². The highest BCUT2D eigenvalue weighted by Gasteiger charge is 2.22. The number of rotatable bonds is 8. The molecule has 0 saturated carbocycles. The standard InChI is InChI=1S/C27H31ClN4O5/c1-18-7-9-20(28)17-23(18)30-12-14-31(15-13-30)24(33)6-4-3-5-11-32-25(34)21-10-8-19(26(35)37-2)16-22(21)29-27(32)36/h7-10,16-17H,3-6,11-15H2,1-2H3,(H,29,36). The van der Waals surface area contributed by atoms with Crippen LogP contribution in [0.25, 0.3) is 10.9 Å². The fraction of sp³-hybridized carbons (Fsp3) is 0.407. The quantitative estimate of drug-likeness (QED) is 0.356. The number of amides is 1. The summed E-state index contributed by atoms with van der Waals surface area (Å²) in [6.45, 7) is 5.19. The van der Waals surface area contributed by atoms with Crippen molar-refractivity contribution in [3.8, 4) is 0 Å². The summed E-state index contributed by atoms with van der Waals surface area (Å²) in [6, 6.07) is 10.3. The monoisotopic (exact) mass is 526 g/mol. The van der Waals surface area contributed by atoms with E-state index in [1.807, 2.05) is 23.1 Å². The van der Waals surface area contributed by atoms with Gasteiger partial charge in [-0.1, -0.05) is 24.1 Å². The lowest BCUT2D eigenvalue weighted by atomic mass is 10.1. The van der Waals surface area contributed by atoms with Gasteiger partial charge >= 0.3 is 11.7 Å². The molecule has 0 bridgehead atoms. The maximum atomic E-state index is 12.8. The number of methoxy groups -OCH3 is 1. The second-order valence-corrected chi connectivity index (χ2v) is 9.68. The average molecular weight is 527 g/mol. The van der Waals surface area contributed by atoms with Crippen LogP contribution in [0.15, 0.2) is 46.0 Å². The number of carbonyl (C=O) groups excluding carboxylic acids is 2. The van der Waals surface area contributed by atoms with E-state index in [-0.39, 0.29) is 18.0 Å². The summed E-state index contributed by atoms with van der Waals surface area (Å²) in [5, 5.41) is 1.04. The molecule has 0 radical (unpaired) electrons. The van der Waals surface area contributed by atoms with E-state index in [0.717, 1.165) is 25.2 Å². The molecule has 0 unspecified atom stereocenters. The molecule has 0 atom stereocenters. The minimum absolute atomic E-state index is 0.129. The zero-order valence-corrected chi connectivity index (χ0v) is 21.8. The number of nitrogens with one attached hydrogen (secondary N) is 1. The second-order valence-electron chi connectivity index (χ2n) is 9.25. The van der Waals surface area contributed by atoms with Crippen LogP contribution in [0, 0.1) is 6.92 Å². The normalized spacial score (nSPS) is 13.7. The first-order valence-electron chi connectivity index (χ1n) is 12.4. The van der Waals surface area contributed by atoms with Gasteiger partial charge in [-0.2, -0.15) is 0 Å². The van der Waals surface area contributed by atoms with Crippen LogP contribution in [-0.4, -0.2) is 59.6 Å². The molecule has 1 aliphatic heterocycles. The zero-order chi connectivity index (χ0) is 26.5. The van der Waals surface area contributed by atoms with E-state index in [1.54, 1.807) is 0 Å². The van der Waals surface area contributed by atoms with Gasteiger partial charge in [-0.05, 0) is 55.7 Å². The molecule has 0 spiro atoms. The number of anilines is 1. The summed E-state index contributed by atoms with van der Waals surface area (Å²) in [7, 11) is 1.27. The fourth-order valence-corrected chi connectivity index (χ4v) is 4.87. The van der Waals surface area contributed by atoms with Crippen LogP contribution >= 0.6 is 11.6 Å². The van der Waals surface area contributed by atoms with E-state index in [0.29, 0.717) is 48.3 Å². The molecule has 2 heterocycles. The first-order chi connectivity index (χ1) is 17.8. The number of aryl methyl sites for hydroxylation is 1. The molecule has 3 aromatic rings. The highest BCUT2D eigenvalue weighted by atomic mass is 35.5. The van der Waals surface area contributed by atoms with Crippen LogP contribution in [0.2, 0.25) is 5.02 Å². The molecule has 1 N–H and O–H groups in total. The SMILES string of the molecule is COC(=O)c1ccc2c(=O)n(CCCCCC(=O)N3CCN(c4cc(Cl)ccc4C)CC3)c(=O)[nH]c2c1. The first-order valence-corrected chi connectivity index (χ1v) is 12.8. The van der Waals surface area contributed by atoms with Crippen molar-refractivity contribution in [1.29, 1.82) is 0 Å². The van der Waals surface area contributed by atoms with Gasteiger partial charge in [0.25, 0.3) is 5.56 Å². The largest absolute Gasteiger partial charge is 0.465 e. The number of nitrogens with zero attached hydrogens (tertiary/aromatic N) is 3. The predicted octanol–water partition coefficient (Wildman–Crippen LogP) is 3.35. The van der Waals surface area contributed by atoms with E-state index >= 15 is 0 Å². The third-order valence-electron chi connectivity index (χ3n) is 6.82. The Morgan fingerprint density at radius 2 is 1.76 bits per heavy atom. The van der Waals surface area contributed by atoms with Crippen LogP contribution in [0.3, 0.4) is 0 Å². The summed E-state index contributed by atoms with van der Waals surface area (Å²) in [6.07, 6.45) is 2.45. The third-order valence-corrected chi connectivity index (χ3v) is 7.05. The van der Waals surface area contributed by atoms with E-state index in [9.17, 15) is 19.2 Å². The number of halogens is 1. The number of benzene rings is 2. The number of fused-ring (bicyclic) bond motifs is 1. The Kier molecular flexibility index (Phi) is 8.33. The topological polar surface area (TPSA) is 105 Å². The molecule has 9 nitrogen and oxygen atoms in total. The number of aromatic nitrogens is 2. The number of carbonyl (C=O) groups is 2. The lowest BCUT2D eigenvalue weighted by Gasteiger charge is -2.37. The second kappa shape index (κ2) is 11.6. The van der Waals surface area contributed by atoms with Gasteiger partial charge in [0.1, 0.15) is 0 Å². The lowest BCUT2D eigenvalue weighted by Crippen LogP contribution is -2.49. The minimum atomic E-state index is -0.542. The van der Waals surface area contributed by atoms with Gasteiger partial charge in [0.05, 0.1) is 23.6 Å². The molecule has 1 saturated heterocycles. The van der Waals surface area contributed by atoms with Crippen molar-refractivity contribution in [2.45, 2.75) is 39.2 Å². The van der Waals surface area contributed by atoms with Gasteiger partial charge in [-0.25, -0.2) is 9.59 Å². The predicted molar refractivity (Wildman–Crippen MR) is 144 cm³/mol. The Balaban J connectivity index is 1.25. The first kappa shape index (κ1) is 26.5. The molecule has 2 aromatic carbocycles. The summed E-state index contributed by atoms with van der Waals surface area (Å²) >= 11 is 6.16.